The van der Waals surface area contributed by atoms with Crippen LogP contribution >= 0.6 is 0 Å². The van der Waals surface area contributed by atoms with Crippen LogP contribution in [0, 0.1) is 5.41 Å². The van der Waals surface area contributed by atoms with Gasteiger partial charge in [-0.1, -0.05) is 36.4 Å². The van der Waals surface area contributed by atoms with E-state index in [1.165, 1.54) is 9.13 Å². The highest BCUT2D eigenvalue weighted by Crippen LogP contribution is 2.38. The van der Waals surface area contributed by atoms with Gasteiger partial charge in [0.25, 0.3) is 0 Å². The van der Waals surface area contributed by atoms with Gasteiger partial charge >= 0.3 is 17.8 Å². The summed E-state index contributed by atoms with van der Waals surface area (Å²) in [6.45, 7) is 6.26. The summed E-state index contributed by atoms with van der Waals surface area (Å²) in [6, 6.07) is 14.2. The van der Waals surface area contributed by atoms with Gasteiger partial charge in [-0.2, -0.15) is 0 Å². The normalized spacial score (nSPS) is 18.8. The molecule has 3 aromatic rings. The maximum atomic E-state index is 13.8. The molecule has 11 heteroatoms. The molecular weight excluding hydrogens is 552 g/mol. The van der Waals surface area contributed by atoms with Gasteiger partial charge in [-0.3, -0.25) is 28.8 Å². The second-order valence-electron chi connectivity index (χ2n) is 12.5. The SMILES string of the molecule is Cn1c(=O)n(C2CCC(=O)NC2=O)c2ccc(CC3(C(=O)OCc4ccccc4)CCN(C(=O)OC(C)(C)C)CC3)cc21. The molecule has 1 unspecified atom stereocenters. The Labute approximate surface area is 249 Å². The number of amides is 3. The maximum Gasteiger partial charge on any atom is 0.410 e. The van der Waals surface area contributed by atoms with Crippen LogP contribution in [0.15, 0.2) is 53.3 Å². The summed E-state index contributed by atoms with van der Waals surface area (Å²) in [7, 11) is 1.64. The lowest BCUT2D eigenvalue weighted by atomic mass is 9.73. The first-order valence-electron chi connectivity index (χ1n) is 14.6. The Morgan fingerprint density at radius 1 is 0.977 bits per heavy atom. The van der Waals surface area contributed by atoms with Gasteiger partial charge < -0.3 is 14.4 Å². The standard InChI is InChI=1S/C32H38N4O7/c1-31(2,3)43-30(41)35-16-14-32(15-17-35,28(39)42-20-21-8-6-5-7-9-21)19-22-10-11-23-25(18-22)34(4)29(40)36(23)24-12-13-26(37)33-27(24)38/h5-11,18,24H,12-17,19-20H2,1-4H3,(H,33,37,38). The number of imide groups is 1. The molecule has 1 N–H and O–H groups in total. The molecule has 2 saturated heterocycles. The molecule has 1 aromatic heterocycles. The molecule has 0 saturated carbocycles. The molecule has 0 spiro atoms. The van der Waals surface area contributed by atoms with E-state index in [9.17, 15) is 24.0 Å². The van der Waals surface area contributed by atoms with Crippen LogP contribution in [0.3, 0.4) is 0 Å². The second-order valence-corrected chi connectivity index (χ2v) is 12.5. The molecule has 2 fully saturated rings. The number of nitrogens with one attached hydrogen (secondary N) is 1. The Balaban J connectivity index is 1.42. The summed E-state index contributed by atoms with van der Waals surface area (Å²) >= 11 is 0. The summed E-state index contributed by atoms with van der Waals surface area (Å²) in [5.74, 6) is -1.18. The van der Waals surface area contributed by atoms with E-state index in [1.807, 2.05) is 63.2 Å². The highest BCUT2D eigenvalue weighted by molar-refractivity contribution is 6.00. The number of nitrogens with zero attached hydrogens (tertiary/aromatic N) is 3. The van der Waals surface area contributed by atoms with Gasteiger partial charge in [0.1, 0.15) is 18.2 Å². The summed E-state index contributed by atoms with van der Waals surface area (Å²) in [5.41, 5.74) is 1.01. The van der Waals surface area contributed by atoms with Crippen LogP contribution < -0.4 is 11.0 Å². The molecule has 0 radical (unpaired) electrons. The first kappa shape index (κ1) is 30.1. The topological polar surface area (TPSA) is 129 Å². The fourth-order valence-corrected chi connectivity index (χ4v) is 5.91. The molecule has 3 heterocycles. The second kappa shape index (κ2) is 11.7. The first-order chi connectivity index (χ1) is 20.4. The molecule has 1 atom stereocenters. The number of benzene rings is 2. The monoisotopic (exact) mass is 590 g/mol. The van der Waals surface area contributed by atoms with Crippen molar-refractivity contribution in [3.63, 3.8) is 0 Å². The predicted molar refractivity (Wildman–Crippen MR) is 158 cm³/mol. The van der Waals surface area contributed by atoms with Gasteiger partial charge in [-0.05, 0) is 69.7 Å². The van der Waals surface area contributed by atoms with Crippen molar-refractivity contribution in [3.05, 3.63) is 70.1 Å². The number of rotatable bonds is 6. The highest BCUT2D eigenvalue weighted by atomic mass is 16.6. The minimum Gasteiger partial charge on any atom is -0.460 e. The van der Waals surface area contributed by atoms with Crippen molar-refractivity contribution in [1.29, 1.82) is 0 Å². The lowest BCUT2D eigenvalue weighted by Crippen LogP contribution is -2.49. The molecular formula is C32H38N4O7. The molecule has 228 valence electrons. The Morgan fingerprint density at radius 3 is 2.33 bits per heavy atom. The summed E-state index contributed by atoms with van der Waals surface area (Å²) in [4.78, 5) is 65.7. The zero-order chi connectivity index (χ0) is 30.9. The molecule has 2 aliphatic rings. The highest BCUT2D eigenvalue weighted by Gasteiger charge is 2.44. The summed E-state index contributed by atoms with van der Waals surface area (Å²) in [5, 5.41) is 2.32. The third kappa shape index (κ3) is 6.35. The number of likely N-dealkylation sites (tertiary alicyclic amines) is 1. The van der Waals surface area contributed by atoms with Crippen molar-refractivity contribution in [3.8, 4) is 0 Å². The van der Waals surface area contributed by atoms with Crippen LogP contribution in [0.25, 0.3) is 11.0 Å². The lowest BCUT2D eigenvalue weighted by molar-refractivity contribution is -0.160. The number of imidazole rings is 1. The van der Waals surface area contributed by atoms with Crippen molar-refractivity contribution in [1.82, 2.24) is 19.4 Å². The van der Waals surface area contributed by atoms with Crippen molar-refractivity contribution in [2.24, 2.45) is 12.5 Å². The number of fused-ring (bicyclic) bond motifs is 1. The molecule has 2 aliphatic heterocycles. The van der Waals surface area contributed by atoms with E-state index in [-0.39, 0.29) is 37.0 Å². The average molecular weight is 591 g/mol. The zero-order valence-electron chi connectivity index (χ0n) is 25.1. The van der Waals surface area contributed by atoms with Gasteiger partial charge in [0.15, 0.2) is 0 Å². The fourth-order valence-electron chi connectivity index (χ4n) is 5.91. The van der Waals surface area contributed by atoms with Gasteiger partial charge in [0.2, 0.25) is 11.8 Å². The predicted octanol–water partition coefficient (Wildman–Crippen LogP) is 3.62. The van der Waals surface area contributed by atoms with E-state index in [0.29, 0.717) is 43.4 Å². The summed E-state index contributed by atoms with van der Waals surface area (Å²) in [6.07, 6.45) is 1.10. The quantitative estimate of drug-likeness (QED) is 0.343. The molecule has 11 nitrogen and oxygen atoms in total. The van der Waals surface area contributed by atoms with E-state index in [1.54, 1.807) is 18.0 Å². The van der Waals surface area contributed by atoms with Gasteiger partial charge in [-0.25, -0.2) is 9.59 Å². The minimum atomic E-state index is -0.897. The molecule has 2 aromatic carbocycles. The number of aromatic nitrogens is 2. The van der Waals surface area contributed by atoms with E-state index >= 15 is 0 Å². The number of carbonyl (C=O) groups is 4. The van der Waals surface area contributed by atoms with Crippen LogP contribution in [0.5, 0.6) is 0 Å². The van der Waals surface area contributed by atoms with Crippen LogP contribution in [-0.2, 0) is 43.9 Å². The molecule has 3 amide bonds. The van der Waals surface area contributed by atoms with Crippen LogP contribution in [0.2, 0.25) is 0 Å². The van der Waals surface area contributed by atoms with Crippen molar-refractivity contribution < 1.29 is 28.7 Å². The Hall–Kier alpha value is -4.41. The smallest absolute Gasteiger partial charge is 0.410 e. The van der Waals surface area contributed by atoms with Crippen LogP contribution in [0.1, 0.15) is 63.6 Å². The first-order valence-corrected chi connectivity index (χ1v) is 14.6. The van der Waals surface area contributed by atoms with Gasteiger partial charge in [0.05, 0.1) is 16.4 Å². The van der Waals surface area contributed by atoms with Crippen molar-refractivity contribution >= 4 is 34.9 Å². The molecule has 0 aliphatic carbocycles. The Morgan fingerprint density at radius 2 is 1.67 bits per heavy atom. The molecule has 0 bridgehead atoms. The van der Waals surface area contributed by atoms with Gasteiger partial charge in [0, 0.05) is 26.6 Å². The van der Waals surface area contributed by atoms with Gasteiger partial charge in [-0.15, -0.1) is 0 Å². The number of esters is 1. The number of aryl methyl sites for hydroxylation is 1. The molecule has 43 heavy (non-hydrogen) atoms. The molecule has 5 rings (SSSR count). The van der Waals surface area contributed by atoms with Crippen LogP contribution in [0.4, 0.5) is 4.79 Å². The Bertz CT molecular complexity index is 1610. The van der Waals surface area contributed by atoms with E-state index in [4.69, 9.17) is 9.47 Å². The van der Waals surface area contributed by atoms with Crippen molar-refractivity contribution in [2.45, 2.75) is 71.1 Å². The van der Waals surface area contributed by atoms with Crippen molar-refractivity contribution in [2.75, 3.05) is 13.1 Å². The fraction of sp³-hybridized carbons (Fsp3) is 0.469. The van der Waals surface area contributed by atoms with Crippen LogP contribution in [-0.4, -0.2) is 56.6 Å². The van der Waals surface area contributed by atoms with E-state index in [0.717, 1.165) is 11.1 Å². The number of hydrogen-bond donors (Lipinski definition) is 1. The minimum absolute atomic E-state index is 0.138. The third-order valence-corrected chi connectivity index (χ3v) is 8.24. The summed E-state index contributed by atoms with van der Waals surface area (Å²) < 4.78 is 14.3. The zero-order valence-corrected chi connectivity index (χ0v) is 25.1. The maximum absolute atomic E-state index is 13.8. The number of piperidine rings is 2. The average Bonchev–Trinajstić information content (AvgIpc) is 3.20. The van der Waals surface area contributed by atoms with E-state index in [2.05, 4.69) is 5.32 Å². The van der Waals surface area contributed by atoms with E-state index < -0.39 is 29.1 Å². The third-order valence-electron chi connectivity index (χ3n) is 8.24. The number of hydrogen-bond acceptors (Lipinski definition) is 7. The Kier molecular flexibility index (Phi) is 8.18. The largest absolute Gasteiger partial charge is 0.460 e. The number of carbonyl (C=O) groups excluding carboxylic acids is 4. The lowest BCUT2D eigenvalue weighted by Gasteiger charge is -2.40. The number of ether oxygens (including phenoxy) is 2.